The molecule has 1 amide bonds. The van der Waals surface area contributed by atoms with Crippen molar-refractivity contribution >= 4 is 14.4 Å². The first-order chi connectivity index (χ1) is 6.65. The molecule has 0 spiro atoms. The Morgan fingerprint density at radius 3 is 2.40 bits per heavy atom. The van der Waals surface area contributed by atoms with Crippen molar-refractivity contribution in [3.05, 3.63) is 0 Å². The first kappa shape index (κ1) is 12.5. The molecule has 0 bridgehead atoms. The third kappa shape index (κ3) is 2.95. The van der Waals surface area contributed by atoms with E-state index in [4.69, 9.17) is 9.53 Å². The van der Waals surface area contributed by atoms with Crippen LogP contribution in [0.15, 0.2) is 0 Å². The number of amides is 1. The Morgan fingerprint density at radius 1 is 1.53 bits per heavy atom. The maximum Gasteiger partial charge on any atom is 0.407 e. The fourth-order valence-electron chi connectivity index (χ4n) is 1.08. The summed E-state index contributed by atoms with van der Waals surface area (Å²) in [6.45, 7) is 12.1. The van der Waals surface area contributed by atoms with Crippen LogP contribution in [0.1, 0.15) is 20.8 Å². The number of carboxylic acid groups (broad SMARTS) is 1. The maximum atomic E-state index is 10.6. The van der Waals surface area contributed by atoms with Crippen molar-refractivity contribution in [2.24, 2.45) is 0 Å². The highest BCUT2D eigenvalue weighted by atomic mass is 28.4. The second-order valence-electron chi connectivity index (χ2n) is 5.66. The summed E-state index contributed by atoms with van der Waals surface area (Å²) >= 11 is 0. The molecule has 0 unspecified atom stereocenters. The highest BCUT2D eigenvalue weighted by Gasteiger charge is 2.43. The number of rotatable bonds is 3. The molecule has 4 nitrogen and oxygen atoms in total. The molecule has 15 heavy (non-hydrogen) atoms. The minimum Gasteiger partial charge on any atom is -0.465 e. The van der Waals surface area contributed by atoms with Crippen LogP contribution >= 0.6 is 0 Å². The van der Waals surface area contributed by atoms with Crippen molar-refractivity contribution in [1.82, 2.24) is 4.90 Å². The lowest BCUT2D eigenvalue weighted by Crippen LogP contribution is -2.42. The van der Waals surface area contributed by atoms with Crippen LogP contribution in [0.2, 0.25) is 18.1 Å². The van der Waals surface area contributed by atoms with Gasteiger partial charge >= 0.3 is 6.09 Å². The first-order valence-corrected chi connectivity index (χ1v) is 8.19. The molecular weight excluding hydrogens is 210 g/mol. The van der Waals surface area contributed by atoms with Crippen LogP contribution in [0.3, 0.4) is 0 Å². The SMILES string of the molecule is CC(C)(C)[Si](C)(C)OC[C@H]1CN1C(=O)O. The molecule has 1 rings (SSSR count). The minimum atomic E-state index is -1.71. The average molecular weight is 231 g/mol. The average Bonchev–Trinajstić information content (AvgIpc) is 2.77. The standard InChI is InChI=1S/C10H21NO3Si/c1-10(2,3)15(4,5)14-7-8-6-11(8)9(12)13/h8H,6-7H2,1-5H3,(H,12,13)/t8-,11?/m1/s1. The zero-order valence-electron chi connectivity index (χ0n) is 10.2. The third-order valence-corrected chi connectivity index (χ3v) is 7.90. The van der Waals surface area contributed by atoms with Crippen molar-refractivity contribution in [1.29, 1.82) is 0 Å². The third-order valence-electron chi connectivity index (χ3n) is 3.40. The van der Waals surface area contributed by atoms with Gasteiger partial charge in [0.05, 0.1) is 12.6 Å². The van der Waals surface area contributed by atoms with E-state index in [0.717, 1.165) is 0 Å². The van der Waals surface area contributed by atoms with E-state index in [1.54, 1.807) is 0 Å². The molecule has 0 saturated carbocycles. The van der Waals surface area contributed by atoms with Crippen LogP contribution in [0.4, 0.5) is 4.79 Å². The molecular formula is C10H21NO3Si. The minimum absolute atomic E-state index is 0.0941. The summed E-state index contributed by atoms with van der Waals surface area (Å²) in [7, 11) is -1.71. The quantitative estimate of drug-likeness (QED) is 0.599. The molecule has 0 radical (unpaired) electrons. The van der Waals surface area contributed by atoms with E-state index in [-0.39, 0.29) is 11.1 Å². The summed E-state index contributed by atoms with van der Waals surface area (Å²) in [6, 6.07) is 0.0941. The molecule has 1 saturated heterocycles. The molecule has 1 aliphatic rings. The van der Waals surface area contributed by atoms with E-state index in [9.17, 15) is 4.79 Å². The summed E-state index contributed by atoms with van der Waals surface area (Å²) < 4.78 is 5.93. The Kier molecular flexibility index (Phi) is 3.16. The smallest absolute Gasteiger partial charge is 0.407 e. The van der Waals surface area contributed by atoms with E-state index < -0.39 is 14.4 Å². The van der Waals surface area contributed by atoms with E-state index in [1.807, 2.05) is 0 Å². The summed E-state index contributed by atoms with van der Waals surface area (Å²) in [5.74, 6) is 0. The first-order valence-electron chi connectivity index (χ1n) is 5.29. The molecule has 5 heteroatoms. The second kappa shape index (κ2) is 3.79. The topological polar surface area (TPSA) is 49.5 Å². The van der Waals surface area contributed by atoms with Crippen molar-refractivity contribution < 1.29 is 14.3 Å². The van der Waals surface area contributed by atoms with Gasteiger partial charge in [0.2, 0.25) is 0 Å². The van der Waals surface area contributed by atoms with Crippen molar-refractivity contribution in [2.75, 3.05) is 13.2 Å². The van der Waals surface area contributed by atoms with E-state index in [0.29, 0.717) is 13.2 Å². The van der Waals surface area contributed by atoms with Gasteiger partial charge in [-0.1, -0.05) is 20.8 Å². The van der Waals surface area contributed by atoms with Gasteiger partial charge in [-0.2, -0.15) is 0 Å². The molecule has 0 aromatic rings. The number of nitrogens with zero attached hydrogens (tertiary/aromatic N) is 1. The van der Waals surface area contributed by atoms with Crippen molar-refractivity contribution in [3.63, 3.8) is 0 Å². The zero-order valence-corrected chi connectivity index (χ0v) is 11.2. The monoisotopic (exact) mass is 231 g/mol. The van der Waals surface area contributed by atoms with Gasteiger partial charge < -0.3 is 9.53 Å². The number of hydrogen-bond acceptors (Lipinski definition) is 2. The van der Waals surface area contributed by atoms with Crippen LogP contribution in [-0.4, -0.2) is 43.6 Å². The normalized spacial score (nSPS) is 21.7. The van der Waals surface area contributed by atoms with Crippen molar-refractivity contribution in [3.8, 4) is 0 Å². The van der Waals surface area contributed by atoms with Gasteiger partial charge in [-0.25, -0.2) is 4.79 Å². The van der Waals surface area contributed by atoms with Gasteiger partial charge in [-0.3, -0.25) is 4.90 Å². The maximum absolute atomic E-state index is 10.6. The van der Waals surface area contributed by atoms with Crippen molar-refractivity contribution in [2.45, 2.75) is 44.9 Å². The fraction of sp³-hybridized carbons (Fsp3) is 0.900. The highest BCUT2D eigenvalue weighted by molar-refractivity contribution is 6.74. The molecule has 1 fully saturated rings. The Bertz CT molecular complexity index is 260. The summed E-state index contributed by atoms with van der Waals surface area (Å²) in [4.78, 5) is 12.0. The zero-order chi connectivity index (χ0) is 11.9. The fourth-order valence-corrected chi connectivity index (χ4v) is 2.12. The van der Waals surface area contributed by atoms with Gasteiger partial charge in [0.15, 0.2) is 8.32 Å². The summed E-state index contributed by atoms with van der Waals surface area (Å²) in [5.41, 5.74) is 0. The lowest BCUT2D eigenvalue weighted by Gasteiger charge is -2.36. The Balaban J connectivity index is 2.36. The van der Waals surface area contributed by atoms with E-state index >= 15 is 0 Å². The molecule has 88 valence electrons. The lowest BCUT2D eigenvalue weighted by molar-refractivity contribution is 0.171. The largest absolute Gasteiger partial charge is 0.465 e. The predicted molar refractivity (Wildman–Crippen MR) is 61.7 cm³/mol. The lowest BCUT2D eigenvalue weighted by atomic mass is 10.2. The molecule has 0 aromatic carbocycles. The van der Waals surface area contributed by atoms with Gasteiger partial charge in [0.25, 0.3) is 0 Å². The number of hydrogen-bond donors (Lipinski definition) is 1. The molecule has 1 aliphatic heterocycles. The van der Waals surface area contributed by atoms with Gasteiger partial charge in [-0.05, 0) is 18.1 Å². The Labute approximate surface area is 92.4 Å². The van der Waals surface area contributed by atoms with Gasteiger partial charge in [-0.15, -0.1) is 0 Å². The highest BCUT2D eigenvalue weighted by Crippen LogP contribution is 2.37. The van der Waals surface area contributed by atoms with Crippen LogP contribution in [0, 0.1) is 0 Å². The Hall–Kier alpha value is -0.553. The van der Waals surface area contributed by atoms with E-state index in [2.05, 4.69) is 33.9 Å². The predicted octanol–water partition coefficient (Wildman–Crippen LogP) is 2.37. The molecule has 1 atom stereocenters. The number of carbonyl (C=O) groups is 1. The molecule has 0 aliphatic carbocycles. The van der Waals surface area contributed by atoms with E-state index in [1.165, 1.54) is 4.90 Å². The second-order valence-corrected chi connectivity index (χ2v) is 10.5. The summed E-state index contributed by atoms with van der Waals surface area (Å²) in [6.07, 6.45) is -0.834. The van der Waals surface area contributed by atoms with Crippen LogP contribution in [0.25, 0.3) is 0 Å². The Morgan fingerprint density at radius 2 is 2.07 bits per heavy atom. The van der Waals surface area contributed by atoms with Gasteiger partial charge in [0, 0.05) is 6.54 Å². The summed E-state index contributed by atoms with van der Waals surface area (Å²) in [5, 5.41) is 8.89. The molecule has 1 heterocycles. The van der Waals surface area contributed by atoms with Crippen LogP contribution in [-0.2, 0) is 4.43 Å². The van der Waals surface area contributed by atoms with Crippen LogP contribution < -0.4 is 0 Å². The van der Waals surface area contributed by atoms with Crippen LogP contribution in [0.5, 0.6) is 0 Å². The molecule has 0 aromatic heterocycles. The van der Waals surface area contributed by atoms with Gasteiger partial charge in [0.1, 0.15) is 0 Å². The molecule has 1 N–H and O–H groups in total.